The van der Waals surface area contributed by atoms with E-state index in [0.717, 1.165) is 40.9 Å². The third-order valence-electron chi connectivity index (χ3n) is 2.58. The normalized spacial score (nSPS) is 10.8. The predicted octanol–water partition coefficient (Wildman–Crippen LogP) is 4.09. The van der Waals surface area contributed by atoms with E-state index in [2.05, 4.69) is 11.6 Å². The molecule has 0 aliphatic heterocycles. The smallest absolute Gasteiger partial charge is 0.118 e. The van der Waals surface area contributed by atoms with Crippen molar-refractivity contribution in [1.82, 2.24) is 5.32 Å². The molecule has 4 heteroatoms. The van der Waals surface area contributed by atoms with E-state index in [4.69, 9.17) is 16.0 Å². The molecular weight excluding hydrogens is 266 g/mol. The maximum atomic E-state index is 6.09. The van der Waals surface area contributed by atoms with Gasteiger partial charge in [0.1, 0.15) is 11.5 Å². The van der Waals surface area contributed by atoms with Gasteiger partial charge in [-0.25, -0.2) is 0 Å². The van der Waals surface area contributed by atoms with Crippen molar-refractivity contribution in [3.05, 3.63) is 58.5 Å². The van der Waals surface area contributed by atoms with Gasteiger partial charge in [-0.15, -0.1) is 0 Å². The molecule has 2 aromatic rings. The van der Waals surface area contributed by atoms with Crippen LogP contribution in [-0.4, -0.2) is 6.26 Å². The molecule has 96 valence electrons. The summed E-state index contributed by atoms with van der Waals surface area (Å²) in [5.74, 6) is 2.91. The first-order valence-electron chi connectivity index (χ1n) is 5.80. The molecule has 0 fully saturated rings. The molecule has 1 heterocycles. The summed E-state index contributed by atoms with van der Waals surface area (Å²) >= 11 is 7.84. The van der Waals surface area contributed by atoms with Crippen LogP contribution in [0.1, 0.15) is 17.1 Å². The van der Waals surface area contributed by atoms with Gasteiger partial charge in [-0.1, -0.05) is 29.8 Å². The van der Waals surface area contributed by atoms with Gasteiger partial charge in [0.2, 0.25) is 0 Å². The molecule has 0 spiro atoms. The van der Waals surface area contributed by atoms with Gasteiger partial charge in [-0.3, -0.25) is 0 Å². The molecule has 0 unspecified atom stereocenters. The Morgan fingerprint density at radius 3 is 2.67 bits per heavy atom. The Morgan fingerprint density at radius 1 is 1.11 bits per heavy atom. The lowest BCUT2D eigenvalue weighted by Crippen LogP contribution is -2.12. The fourth-order valence-corrected chi connectivity index (χ4v) is 2.34. The zero-order chi connectivity index (χ0) is 12.8. The van der Waals surface area contributed by atoms with Gasteiger partial charge in [-0.05, 0) is 30.0 Å². The van der Waals surface area contributed by atoms with Gasteiger partial charge in [0.05, 0.1) is 12.3 Å². The lowest BCUT2D eigenvalue weighted by atomic mass is 10.2. The average Bonchev–Trinajstić information content (AvgIpc) is 2.80. The Labute approximate surface area is 117 Å². The van der Waals surface area contributed by atoms with Crippen LogP contribution in [0.15, 0.2) is 40.8 Å². The van der Waals surface area contributed by atoms with E-state index < -0.39 is 0 Å². The van der Waals surface area contributed by atoms with Gasteiger partial charge >= 0.3 is 0 Å². The van der Waals surface area contributed by atoms with Crippen molar-refractivity contribution >= 4 is 23.4 Å². The molecular formula is C14H16ClNOS. The number of benzene rings is 1. The monoisotopic (exact) mass is 281 g/mol. The lowest BCUT2D eigenvalue weighted by Gasteiger charge is -2.04. The molecule has 1 aromatic heterocycles. The van der Waals surface area contributed by atoms with Crippen molar-refractivity contribution in [2.45, 2.75) is 18.8 Å². The second kappa shape index (κ2) is 6.88. The second-order valence-electron chi connectivity index (χ2n) is 4.00. The minimum absolute atomic E-state index is 0.722. The summed E-state index contributed by atoms with van der Waals surface area (Å²) in [5.41, 5.74) is 1.11. The highest BCUT2D eigenvalue weighted by molar-refractivity contribution is 7.97. The molecule has 18 heavy (non-hydrogen) atoms. The highest BCUT2D eigenvalue weighted by Crippen LogP contribution is 2.16. The summed E-state index contributed by atoms with van der Waals surface area (Å²) in [6.45, 7) is 1.47. The largest absolute Gasteiger partial charge is 0.464 e. The van der Waals surface area contributed by atoms with E-state index in [1.807, 2.05) is 36.4 Å². The first-order chi connectivity index (χ1) is 8.79. The fourth-order valence-electron chi connectivity index (χ4n) is 1.70. The summed E-state index contributed by atoms with van der Waals surface area (Å²) in [7, 11) is 0. The number of rotatable bonds is 6. The van der Waals surface area contributed by atoms with Crippen LogP contribution in [0.3, 0.4) is 0 Å². The minimum Gasteiger partial charge on any atom is -0.464 e. The average molecular weight is 282 g/mol. The standard InChI is InChI=1S/C14H16ClNOS/c1-18-10-13-7-6-12(17-13)9-16-8-11-4-2-3-5-14(11)15/h2-7,16H,8-10H2,1H3. The van der Waals surface area contributed by atoms with Crippen molar-refractivity contribution in [3.8, 4) is 0 Å². The number of hydrogen-bond donors (Lipinski definition) is 1. The summed E-state index contributed by atoms with van der Waals surface area (Å²) in [4.78, 5) is 0. The molecule has 1 N–H and O–H groups in total. The maximum Gasteiger partial charge on any atom is 0.118 e. The van der Waals surface area contributed by atoms with Crippen LogP contribution in [0.2, 0.25) is 5.02 Å². The third-order valence-corrected chi connectivity index (χ3v) is 3.52. The topological polar surface area (TPSA) is 25.2 Å². The van der Waals surface area contributed by atoms with Gasteiger partial charge in [0.15, 0.2) is 0 Å². The van der Waals surface area contributed by atoms with Crippen molar-refractivity contribution in [1.29, 1.82) is 0 Å². The second-order valence-corrected chi connectivity index (χ2v) is 5.27. The Kier molecular flexibility index (Phi) is 5.17. The molecule has 0 amide bonds. The van der Waals surface area contributed by atoms with Gasteiger partial charge in [-0.2, -0.15) is 11.8 Å². The molecule has 0 aliphatic carbocycles. The van der Waals surface area contributed by atoms with Crippen LogP contribution in [0.5, 0.6) is 0 Å². The zero-order valence-corrected chi connectivity index (χ0v) is 11.9. The van der Waals surface area contributed by atoms with Gasteiger partial charge < -0.3 is 9.73 Å². The van der Waals surface area contributed by atoms with Crippen molar-refractivity contribution in [2.75, 3.05) is 6.26 Å². The van der Waals surface area contributed by atoms with E-state index in [1.165, 1.54) is 0 Å². The number of nitrogens with one attached hydrogen (secondary N) is 1. The number of halogens is 1. The van der Waals surface area contributed by atoms with Crippen LogP contribution in [0.25, 0.3) is 0 Å². The molecule has 1 aromatic carbocycles. The zero-order valence-electron chi connectivity index (χ0n) is 10.3. The summed E-state index contributed by atoms with van der Waals surface area (Å²) in [6, 6.07) is 11.9. The first-order valence-corrected chi connectivity index (χ1v) is 7.57. The minimum atomic E-state index is 0.722. The predicted molar refractivity (Wildman–Crippen MR) is 77.9 cm³/mol. The number of furan rings is 1. The van der Waals surface area contributed by atoms with Gasteiger partial charge in [0, 0.05) is 11.6 Å². The van der Waals surface area contributed by atoms with Crippen LogP contribution < -0.4 is 5.32 Å². The van der Waals surface area contributed by atoms with E-state index >= 15 is 0 Å². The molecule has 0 radical (unpaired) electrons. The molecule has 0 saturated carbocycles. The van der Waals surface area contributed by atoms with Crippen molar-refractivity contribution < 1.29 is 4.42 Å². The van der Waals surface area contributed by atoms with Crippen LogP contribution in [0, 0.1) is 0 Å². The first kappa shape index (κ1) is 13.5. The quantitative estimate of drug-likeness (QED) is 0.863. The Balaban J connectivity index is 1.83. The van der Waals surface area contributed by atoms with Crippen LogP contribution in [0.4, 0.5) is 0 Å². The SMILES string of the molecule is CSCc1ccc(CNCc2ccccc2Cl)o1. The Morgan fingerprint density at radius 2 is 1.89 bits per heavy atom. The highest BCUT2D eigenvalue weighted by Gasteiger charge is 2.02. The molecule has 0 saturated heterocycles. The number of thioether (sulfide) groups is 1. The molecule has 2 nitrogen and oxygen atoms in total. The van der Waals surface area contributed by atoms with Crippen molar-refractivity contribution in [3.63, 3.8) is 0 Å². The highest BCUT2D eigenvalue weighted by atomic mass is 35.5. The summed E-state index contributed by atoms with van der Waals surface area (Å²) in [5, 5.41) is 4.13. The summed E-state index contributed by atoms with van der Waals surface area (Å²) < 4.78 is 5.68. The van der Waals surface area contributed by atoms with E-state index in [9.17, 15) is 0 Å². The van der Waals surface area contributed by atoms with Crippen LogP contribution in [-0.2, 0) is 18.8 Å². The molecule has 0 aliphatic rings. The Bertz CT molecular complexity index is 498. The molecule has 0 bridgehead atoms. The lowest BCUT2D eigenvalue weighted by molar-refractivity contribution is 0.459. The van der Waals surface area contributed by atoms with Crippen LogP contribution >= 0.6 is 23.4 Å². The Hall–Kier alpha value is -0.900. The van der Waals surface area contributed by atoms with E-state index in [1.54, 1.807) is 11.8 Å². The molecule has 0 atom stereocenters. The summed E-state index contributed by atoms with van der Waals surface area (Å²) in [6.07, 6.45) is 2.07. The van der Waals surface area contributed by atoms with E-state index in [0.29, 0.717) is 0 Å². The third kappa shape index (κ3) is 3.80. The van der Waals surface area contributed by atoms with Crippen molar-refractivity contribution in [2.24, 2.45) is 0 Å². The van der Waals surface area contributed by atoms with Gasteiger partial charge in [0.25, 0.3) is 0 Å². The maximum absolute atomic E-state index is 6.09. The van der Waals surface area contributed by atoms with E-state index in [-0.39, 0.29) is 0 Å². The fraction of sp³-hybridized carbons (Fsp3) is 0.286. The number of hydrogen-bond acceptors (Lipinski definition) is 3. The molecule has 2 rings (SSSR count).